The molecular formula is C25H23F3N2O4S. The van der Waals surface area contributed by atoms with Gasteiger partial charge in [-0.3, -0.25) is 9.10 Å². The number of fused-ring (bicyclic) bond motifs is 1. The molecule has 10 heteroatoms. The lowest BCUT2D eigenvalue weighted by molar-refractivity contribution is -0.137. The van der Waals surface area contributed by atoms with Crippen molar-refractivity contribution in [3.63, 3.8) is 0 Å². The summed E-state index contributed by atoms with van der Waals surface area (Å²) in [7, 11) is -3.80. The van der Waals surface area contributed by atoms with Crippen LogP contribution in [0.25, 0.3) is 0 Å². The molecule has 0 radical (unpaired) electrons. The summed E-state index contributed by atoms with van der Waals surface area (Å²) in [5.41, 5.74) is 1.27. The van der Waals surface area contributed by atoms with Gasteiger partial charge < -0.3 is 10.1 Å². The normalized spacial score (nSPS) is 13.8. The van der Waals surface area contributed by atoms with Gasteiger partial charge in [-0.05, 0) is 73.4 Å². The van der Waals surface area contributed by atoms with Crippen molar-refractivity contribution in [2.45, 2.75) is 30.8 Å². The number of ether oxygens (including phenoxy) is 1. The Morgan fingerprint density at radius 2 is 1.83 bits per heavy atom. The van der Waals surface area contributed by atoms with Crippen LogP contribution >= 0.6 is 0 Å². The first kappa shape index (κ1) is 24.6. The highest BCUT2D eigenvalue weighted by Crippen LogP contribution is 2.33. The van der Waals surface area contributed by atoms with Crippen LogP contribution in [0.3, 0.4) is 0 Å². The summed E-state index contributed by atoms with van der Waals surface area (Å²) >= 11 is 0. The van der Waals surface area contributed by atoms with Crippen molar-refractivity contribution in [2.75, 3.05) is 22.8 Å². The predicted molar refractivity (Wildman–Crippen MR) is 126 cm³/mol. The van der Waals surface area contributed by atoms with Crippen molar-refractivity contribution in [3.8, 4) is 5.75 Å². The van der Waals surface area contributed by atoms with Crippen LogP contribution in [-0.4, -0.2) is 27.5 Å². The van der Waals surface area contributed by atoms with E-state index in [-0.39, 0.29) is 10.6 Å². The smallest absolute Gasteiger partial charge is 0.416 e. The maximum atomic E-state index is 13.3. The fourth-order valence-corrected chi connectivity index (χ4v) is 5.56. The molecule has 3 aromatic carbocycles. The zero-order chi connectivity index (χ0) is 25.2. The number of sulfonamides is 1. The average molecular weight is 505 g/mol. The SMILES string of the molecule is Cc1cc(S(=O)(=O)N2CCCc3ccccc32)ccc1OCC(=O)Nc1cccc(C(F)(F)F)c1. The molecule has 0 saturated heterocycles. The molecule has 1 N–H and O–H groups in total. The number of nitrogens with one attached hydrogen (secondary N) is 1. The highest BCUT2D eigenvalue weighted by atomic mass is 32.2. The van der Waals surface area contributed by atoms with E-state index >= 15 is 0 Å². The number of rotatable bonds is 6. The quantitative estimate of drug-likeness (QED) is 0.503. The van der Waals surface area contributed by atoms with Crippen LogP contribution in [0.15, 0.2) is 71.6 Å². The first-order valence-electron chi connectivity index (χ1n) is 10.9. The number of hydrogen-bond donors (Lipinski definition) is 1. The Kier molecular flexibility index (Phi) is 6.75. The first-order chi connectivity index (χ1) is 16.6. The van der Waals surface area contributed by atoms with E-state index in [0.717, 1.165) is 30.5 Å². The van der Waals surface area contributed by atoms with Crippen LogP contribution in [-0.2, 0) is 27.4 Å². The molecule has 6 nitrogen and oxygen atoms in total. The molecule has 184 valence electrons. The van der Waals surface area contributed by atoms with Gasteiger partial charge in [0.05, 0.1) is 16.1 Å². The zero-order valence-corrected chi connectivity index (χ0v) is 19.6. The monoisotopic (exact) mass is 504 g/mol. The number of aryl methyl sites for hydroxylation is 2. The highest BCUT2D eigenvalue weighted by molar-refractivity contribution is 7.92. The maximum absolute atomic E-state index is 13.3. The molecule has 0 unspecified atom stereocenters. The van der Waals surface area contributed by atoms with Gasteiger partial charge in [0.25, 0.3) is 15.9 Å². The summed E-state index contributed by atoms with van der Waals surface area (Å²) in [5.74, 6) is -0.354. The molecule has 0 spiro atoms. The minimum Gasteiger partial charge on any atom is -0.483 e. The Bertz CT molecular complexity index is 1360. The maximum Gasteiger partial charge on any atom is 0.416 e. The lowest BCUT2D eigenvalue weighted by Crippen LogP contribution is -2.35. The van der Waals surface area contributed by atoms with Crippen LogP contribution in [0.5, 0.6) is 5.75 Å². The Morgan fingerprint density at radius 1 is 1.06 bits per heavy atom. The standard InChI is InChI=1S/C25H23F3N2O4S/c1-17-14-21(35(32,33)30-13-5-7-18-6-2-3-10-22(18)30)11-12-23(17)34-16-24(31)29-20-9-4-8-19(15-20)25(26,27)28/h2-4,6,8-12,14-15H,5,7,13,16H2,1H3,(H,29,31). The second-order valence-corrected chi connectivity index (χ2v) is 10.0. The van der Waals surface area contributed by atoms with Crippen LogP contribution < -0.4 is 14.4 Å². The van der Waals surface area contributed by atoms with Gasteiger partial charge in [0.1, 0.15) is 5.75 Å². The second kappa shape index (κ2) is 9.61. The fourth-order valence-electron chi connectivity index (χ4n) is 3.93. The number of anilines is 2. The summed E-state index contributed by atoms with van der Waals surface area (Å²) in [6.07, 6.45) is -2.99. The average Bonchev–Trinajstić information content (AvgIpc) is 2.82. The van der Waals surface area contributed by atoms with E-state index < -0.39 is 34.3 Å². The van der Waals surface area contributed by atoms with Crippen LogP contribution in [0.1, 0.15) is 23.1 Å². The lowest BCUT2D eigenvalue weighted by Gasteiger charge is -2.30. The van der Waals surface area contributed by atoms with Crippen LogP contribution in [0, 0.1) is 6.92 Å². The molecule has 1 amide bonds. The summed E-state index contributed by atoms with van der Waals surface area (Å²) < 4.78 is 72.1. The Balaban J connectivity index is 1.44. The van der Waals surface area contributed by atoms with Crippen molar-refractivity contribution in [2.24, 2.45) is 0 Å². The number of hydrogen-bond acceptors (Lipinski definition) is 4. The van der Waals surface area contributed by atoms with E-state index in [4.69, 9.17) is 4.74 Å². The first-order valence-corrected chi connectivity index (χ1v) is 12.3. The number of nitrogens with zero attached hydrogens (tertiary/aromatic N) is 1. The van der Waals surface area contributed by atoms with E-state index in [9.17, 15) is 26.4 Å². The molecule has 3 aromatic rings. The number of alkyl halides is 3. The molecule has 4 rings (SSSR count). The van der Waals surface area contributed by atoms with Crippen molar-refractivity contribution in [1.82, 2.24) is 0 Å². The molecule has 0 aliphatic carbocycles. The van der Waals surface area contributed by atoms with E-state index in [1.165, 1.54) is 34.6 Å². The number of carbonyl (C=O) groups excluding carboxylic acids is 1. The fraction of sp³-hybridized carbons (Fsp3) is 0.240. The number of para-hydroxylation sites is 1. The van der Waals surface area contributed by atoms with Gasteiger partial charge in [-0.1, -0.05) is 24.3 Å². The number of carbonyl (C=O) groups is 1. The molecular weight excluding hydrogens is 481 g/mol. The van der Waals surface area contributed by atoms with E-state index in [1.54, 1.807) is 19.1 Å². The van der Waals surface area contributed by atoms with Crippen LogP contribution in [0.2, 0.25) is 0 Å². The zero-order valence-electron chi connectivity index (χ0n) is 18.8. The summed E-state index contributed by atoms with van der Waals surface area (Å²) in [5, 5.41) is 2.37. The molecule has 1 aliphatic rings. The number of amides is 1. The van der Waals surface area contributed by atoms with Crippen LogP contribution in [0.4, 0.5) is 24.5 Å². The predicted octanol–water partition coefficient (Wildman–Crippen LogP) is 5.17. The van der Waals surface area contributed by atoms with Crippen molar-refractivity contribution < 1.29 is 31.1 Å². The van der Waals surface area contributed by atoms with Crippen molar-refractivity contribution >= 4 is 27.3 Å². The summed E-state index contributed by atoms with van der Waals surface area (Å²) in [6.45, 7) is 1.58. The van der Waals surface area contributed by atoms with E-state index in [0.29, 0.717) is 23.5 Å². The summed E-state index contributed by atoms with van der Waals surface area (Å²) in [6, 6.07) is 16.0. The Hall–Kier alpha value is -3.53. The minimum absolute atomic E-state index is 0.00611. The van der Waals surface area contributed by atoms with Gasteiger partial charge >= 0.3 is 6.18 Å². The van der Waals surface area contributed by atoms with Gasteiger partial charge in [-0.2, -0.15) is 13.2 Å². The third kappa shape index (κ3) is 5.43. The van der Waals surface area contributed by atoms with Gasteiger partial charge in [0.2, 0.25) is 0 Å². The van der Waals surface area contributed by atoms with Gasteiger partial charge in [0, 0.05) is 12.2 Å². The molecule has 0 fully saturated rings. The number of halogens is 3. The van der Waals surface area contributed by atoms with Crippen molar-refractivity contribution in [1.29, 1.82) is 0 Å². The third-order valence-corrected chi connectivity index (χ3v) is 7.44. The minimum atomic E-state index is -4.52. The summed E-state index contributed by atoms with van der Waals surface area (Å²) in [4.78, 5) is 12.3. The molecule has 35 heavy (non-hydrogen) atoms. The molecule has 0 aromatic heterocycles. The van der Waals surface area contributed by atoms with Gasteiger partial charge in [0.15, 0.2) is 6.61 Å². The molecule has 1 heterocycles. The largest absolute Gasteiger partial charge is 0.483 e. The Morgan fingerprint density at radius 3 is 2.57 bits per heavy atom. The van der Waals surface area contributed by atoms with Gasteiger partial charge in [-0.15, -0.1) is 0 Å². The molecule has 0 bridgehead atoms. The third-order valence-electron chi connectivity index (χ3n) is 5.63. The Labute approximate surface area is 201 Å². The molecule has 0 saturated carbocycles. The highest BCUT2D eigenvalue weighted by Gasteiger charge is 2.31. The topological polar surface area (TPSA) is 75.7 Å². The lowest BCUT2D eigenvalue weighted by atomic mass is 10.0. The van der Waals surface area contributed by atoms with E-state index in [2.05, 4.69) is 5.32 Å². The van der Waals surface area contributed by atoms with E-state index in [1.807, 2.05) is 12.1 Å². The van der Waals surface area contributed by atoms with Gasteiger partial charge in [-0.25, -0.2) is 8.42 Å². The molecule has 1 aliphatic heterocycles. The number of benzene rings is 3. The molecule has 0 atom stereocenters. The van der Waals surface area contributed by atoms with Crippen molar-refractivity contribution in [3.05, 3.63) is 83.4 Å². The second-order valence-electron chi connectivity index (χ2n) is 8.15.